The van der Waals surface area contributed by atoms with Crippen LogP contribution in [-0.2, 0) is 9.47 Å². The predicted octanol–water partition coefficient (Wildman–Crippen LogP) is 4.60. The molecule has 2 aromatic heterocycles. The molecule has 1 aliphatic heterocycles. The van der Waals surface area contributed by atoms with Crippen molar-refractivity contribution < 1.29 is 19.0 Å². The minimum Gasteiger partial charge on any atom is -0.474 e. The van der Waals surface area contributed by atoms with Crippen LogP contribution in [0.4, 0.5) is 10.6 Å². The highest BCUT2D eigenvalue weighted by molar-refractivity contribution is 6.29. The van der Waals surface area contributed by atoms with E-state index in [2.05, 4.69) is 15.2 Å². The number of halogens is 1. The molecule has 2 N–H and O–H groups in total. The minimum atomic E-state index is -0.477. The number of nitrogens with two attached hydrogens (primary N) is 1. The molecule has 10 heteroatoms. The van der Waals surface area contributed by atoms with E-state index in [-0.39, 0.29) is 29.6 Å². The average molecular weight is 502 g/mol. The number of nitrogens with zero attached hydrogens (tertiary/aromatic N) is 4. The molecule has 0 unspecified atom stereocenters. The lowest BCUT2D eigenvalue weighted by atomic mass is 9.91. The van der Waals surface area contributed by atoms with Crippen LogP contribution in [0.3, 0.4) is 0 Å². The van der Waals surface area contributed by atoms with Crippen LogP contribution in [-0.4, -0.2) is 63.2 Å². The fourth-order valence-electron chi connectivity index (χ4n) is 3.97. The Kier molecular flexibility index (Phi) is 7.76. The lowest BCUT2D eigenvalue weighted by Crippen LogP contribution is -2.46. The van der Waals surface area contributed by atoms with Crippen molar-refractivity contribution in [3.05, 3.63) is 40.7 Å². The molecule has 0 aromatic carbocycles. The summed E-state index contributed by atoms with van der Waals surface area (Å²) >= 11 is 5.89. The van der Waals surface area contributed by atoms with Gasteiger partial charge in [0.1, 0.15) is 11.7 Å². The van der Waals surface area contributed by atoms with Gasteiger partial charge in [-0.1, -0.05) is 23.8 Å². The smallest absolute Gasteiger partial charge is 0.410 e. The number of nitrogen functional groups attached to an aromatic ring is 1. The molecule has 1 saturated heterocycles. The van der Waals surface area contributed by atoms with Gasteiger partial charge in [-0.3, -0.25) is 0 Å². The van der Waals surface area contributed by atoms with Crippen LogP contribution in [0, 0.1) is 0 Å². The Bertz CT molecular complexity index is 1060. The molecule has 1 amide bonds. The molecule has 2 fully saturated rings. The van der Waals surface area contributed by atoms with Crippen molar-refractivity contribution in [2.75, 3.05) is 18.8 Å². The summed E-state index contributed by atoms with van der Waals surface area (Å²) in [5.74, 6) is 0.882. The molecule has 4 rings (SSSR count). The van der Waals surface area contributed by atoms with Gasteiger partial charge in [-0.2, -0.15) is 0 Å². The maximum atomic E-state index is 12.2. The van der Waals surface area contributed by atoms with Crippen molar-refractivity contribution in [2.24, 2.45) is 0 Å². The Morgan fingerprint density at radius 1 is 1.11 bits per heavy atom. The van der Waals surface area contributed by atoms with Gasteiger partial charge in [0.2, 0.25) is 5.88 Å². The number of amides is 1. The monoisotopic (exact) mass is 501 g/mol. The summed E-state index contributed by atoms with van der Waals surface area (Å²) in [5, 5.41) is 7.81. The van der Waals surface area contributed by atoms with E-state index >= 15 is 0 Å². The molecule has 0 atom stereocenters. The van der Waals surface area contributed by atoms with Gasteiger partial charge in [-0.25, -0.2) is 9.78 Å². The number of aromatic nitrogens is 3. The van der Waals surface area contributed by atoms with Gasteiger partial charge >= 0.3 is 6.09 Å². The highest BCUT2D eigenvalue weighted by Crippen LogP contribution is 2.31. The molecule has 0 radical (unpaired) electrons. The van der Waals surface area contributed by atoms with Crippen LogP contribution in [0.5, 0.6) is 5.88 Å². The van der Waals surface area contributed by atoms with E-state index in [0.29, 0.717) is 30.4 Å². The molecule has 1 saturated carbocycles. The Morgan fingerprint density at radius 2 is 1.86 bits per heavy atom. The fraction of sp³-hybridized carbons (Fsp3) is 0.520. The lowest BCUT2D eigenvalue weighted by Gasteiger charge is -2.39. The molecule has 2 aromatic rings. The number of hydrogen-bond acceptors (Lipinski definition) is 8. The standard InChI is InChI=1S/C25H32ClN5O4/c1-25(2,3)35-24(32)31-10-7-18(8-11-31)33-19-14-20(15-19)34-22-12-16(6-9-28-22)4-5-17-13-21(26)29-30-23(17)27/h4-6,9,12-13,18-20H,7-8,10-11,14-15H2,1-3H3,(H2,27,30)/b5-4+. The Balaban J connectivity index is 1.20. The third-order valence-electron chi connectivity index (χ3n) is 5.86. The summed E-state index contributed by atoms with van der Waals surface area (Å²) < 4.78 is 17.7. The van der Waals surface area contributed by atoms with Crippen LogP contribution in [0.2, 0.25) is 5.15 Å². The SMILES string of the molecule is CC(C)(C)OC(=O)N1CCC(OC2CC(Oc3cc(/C=C/c4cc(Cl)nnc4N)ccn3)C2)CC1. The maximum Gasteiger partial charge on any atom is 0.410 e. The molecule has 0 bridgehead atoms. The zero-order chi connectivity index (χ0) is 25.0. The molecular weight excluding hydrogens is 470 g/mol. The number of hydrogen-bond donors (Lipinski definition) is 1. The first kappa shape index (κ1) is 25.2. The third-order valence-corrected chi connectivity index (χ3v) is 6.04. The number of rotatable bonds is 6. The Morgan fingerprint density at radius 3 is 2.57 bits per heavy atom. The zero-order valence-electron chi connectivity index (χ0n) is 20.3. The number of ether oxygens (including phenoxy) is 3. The summed E-state index contributed by atoms with van der Waals surface area (Å²) in [7, 11) is 0. The van der Waals surface area contributed by atoms with Crippen molar-refractivity contribution in [1.82, 2.24) is 20.1 Å². The Labute approximate surface area is 210 Å². The van der Waals surface area contributed by atoms with Crippen LogP contribution in [0.15, 0.2) is 24.4 Å². The zero-order valence-corrected chi connectivity index (χ0v) is 21.1. The summed E-state index contributed by atoms with van der Waals surface area (Å²) in [6.45, 7) is 6.95. The summed E-state index contributed by atoms with van der Waals surface area (Å²) in [5.41, 5.74) is 6.98. The number of carbonyl (C=O) groups is 1. The quantitative estimate of drug-likeness (QED) is 0.610. The summed E-state index contributed by atoms with van der Waals surface area (Å²) in [6, 6.07) is 5.42. The second-order valence-electron chi connectivity index (χ2n) is 9.90. The number of pyridine rings is 1. The van der Waals surface area contributed by atoms with Gasteiger partial charge in [0.15, 0.2) is 11.0 Å². The molecule has 9 nitrogen and oxygen atoms in total. The van der Waals surface area contributed by atoms with E-state index in [1.165, 1.54) is 0 Å². The minimum absolute atomic E-state index is 0.0763. The normalized spacial score (nSPS) is 21.1. The van der Waals surface area contributed by atoms with Crippen LogP contribution in [0.1, 0.15) is 57.6 Å². The first-order valence-corrected chi connectivity index (χ1v) is 12.3. The van der Waals surface area contributed by atoms with Crippen molar-refractivity contribution in [1.29, 1.82) is 0 Å². The largest absolute Gasteiger partial charge is 0.474 e. The Hall–Kier alpha value is -2.91. The first-order chi connectivity index (χ1) is 16.6. The molecule has 2 aliphatic rings. The van der Waals surface area contributed by atoms with Crippen LogP contribution in [0.25, 0.3) is 12.2 Å². The van der Waals surface area contributed by atoms with Crippen molar-refractivity contribution in [3.63, 3.8) is 0 Å². The molecule has 0 spiro atoms. The van der Waals surface area contributed by atoms with Crippen molar-refractivity contribution >= 4 is 35.7 Å². The maximum absolute atomic E-state index is 12.2. The second-order valence-corrected chi connectivity index (χ2v) is 10.3. The van der Waals surface area contributed by atoms with Gasteiger partial charge in [0, 0.05) is 43.8 Å². The van der Waals surface area contributed by atoms with Gasteiger partial charge < -0.3 is 24.8 Å². The van der Waals surface area contributed by atoms with E-state index in [1.807, 2.05) is 45.1 Å². The fourth-order valence-corrected chi connectivity index (χ4v) is 4.13. The molecule has 35 heavy (non-hydrogen) atoms. The van der Waals surface area contributed by atoms with E-state index < -0.39 is 5.60 Å². The predicted molar refractivity (Wildman–Crippen MR) is 134 cm³/mol. The van der Waals surface area contributed by atoms with E-state index in [1.54, 1.807) is 17.2 Å². The first-order valence-electron chi connectivity index (χ1n) is 11.9. The number of carbonyl (C=O) groups excluding carboxylic acids is 1. The second kappa shape index (κ2) is 10.8. The van der Waals surface area contributed by atoms with E-state index in [0.717, 1.165) is 31.2 Å². The molecule has 1 aliphatic carbocycles. The van der Waals surface area contributed by atoms with Crippen molar-refractivity contribution in [3.8, 4) is 5.88 Å². The molecule has 3 heterocycles. The van der Waals surface area contributed by atoms with Gasteiger partial charge in [-0.15, -0.1) is 10.2 Å². The van der Waals surface area contributed by atoms with E-state index in [4.69, 9.17) is 31.5 Å². The highest BCUT2D eigenvalue weighted by atomic mass is 35.5. The van der Waals surface area contributed by atoms with Gasteiger partial charge in [-0.05, 0) is 51.3 Å². The topological polar surface area (TPSA) is 113 Å². The highest BCUT2D eigenvalue weighted by Gasteiger charge is 2.35. The third kappa shape index (κ3) is 7.29. The average Bonchev–Trinajstić information content (AvgIpc) is 2.78. The van der Waals surface area contributed by atoms with Crippen molar-refractivity contribution in [2.45, 2.75) is 70.4 Å². The number of piperidine rings is 1. The van der Waals surface area contributed by atoms with Crippen LogP contribution >= 0.6 is 11.6 Å². The number of anilines is 1. The molecular formula is C25H32ClN5O4. The number of likely N-dealkylation sites (tertiary alicyclic amines) is 1. The summed E-state index contributed by atoms with van der Waals surface area (Å²) in [6.07, 6.45) is 8.89. The summed E-state index contributed by atoms with van der Waals surface area (Å²) in [4.78, 5) is 18.3. The van der Waals surface area contributed by atoms with Gasteiger partial charge in [0.25, 0.3) is 0 Å². The van der Waals surface area contributed by atoms with Crippen LogP contribution < -0.4 is 10.5 Å². The van der Waals surface area contributed by atoms with E-state index in [9.17, 15) is 4.79 Å². The lowest BCUT2D eigenvalue weighted by molar-refractivity contribution is -0.110. The van der Waals surface area contributed by atoms with Gasteiger partial charge in [0.05, 0.1) is 12.2 Å². The molecule has 188 valence electrons.